The summed E-state index contributed by atoms with van der Waals surface area (Å²) in [6, 6.07) is 7.09. The fourth-order valence-corrected chi connectivity index (χ4v) is 5.34. The maximum absolute atomic E-state index is 13.9. The zero-order valence-electron chi connectivity index (χ0n) is 23.2. The Kier molecular flexibility index (Phi) is 8.66. The van der Waals surface area contributed by atoms with E-state index in [1.54, 1.807) is 31.3 Å². The second-order valence-electron chi connectivity index (χ2n) is 9.67. The monoisotopic (exact) mass is 541 g/mol. The number of aliphatic hydroxyl groups excluding tert-OH is 1. The summed E-state index contributed by atoms with van der Waals surface area (Å²) in [5.41, 5.74) is 3.07. The van der Waals surface area contributed by atoms with Gasteiger partial charge in [-0.3, -0.25) is 4.79 Å². The number of carbonyl (C=O) groups excluding carboxylic acids is 2. The van der Waals surface area contributed by atoms with E-state index < -0.39 is 0 Å². The van der Waals surface area contributed by atoms with Crippen molar-refractivity contribution >= 4 is 17.9 Å². The molecule has 1 N–H and O–H groups in total. The fourth-order valence-electron chi connectivity index (χ4n) is 5.34. The lowest BCUT2D eigenvalue weighted by atomic mass is 10.0. The van der Waals surface area contributed by atoms with E-state index in [4.69, 9.17) is 23.7 Å². The third-order valence-electron chi connectivity index (χ3n) is 7.64. The average Bonchev–Trinajstić information content (AvgIpc) is 3.20. The van der Waals surface area contributed by atoms with E-state index in [0.717, 1.165) is 24.0 Å². The van der Waals surface area contributed by atoms with E-state index >= 15 is 0 Å². The van der Waals surface area contributed by atoms with Crippen LogP contribution in [-0.4, -0.2) is 94.8 Å². The summed E-state index contributed by atoms with van der Waals surface area (Å²) in [7, 11) is 7.69. The molecule has 0 bridgehead atoms. The van der Waals surface area contributed by atoms with Gasteiger partial charge in [0.2, 0.25) is 5.75 Å². The average molecular weight is 542 g/mol. The summed E-state index contributed by atoms with van der Waals surface area (Å²) in [4.78, 5) is 28.9. The van der Waals surface area contributed by atoms with Crippen LogP contribution in [0.3, 0.4) is 0 Å². The molecule has 0 radical (unpaired) electrons. The Hall–Kier alpha value is -3.76. The van der Waals surface area contributed by atoms with Gasteiger partial charge in [0.15, 0.2) is 29.7 Å². The lowest BCUT2D eigenvalue weighted by Gasteiger charge is -2.41. The molecular formula is C29H37N2O8+. The fraction of sp³-hybridized carbons (Fsp3) is 0.448. The van der Waals surface area contributed by atoms with Gasteiger partial charge < -0.3 is 33.7 Å². The van der Waals surface area contributed by atoms with Crippen molar-refractivity contribution in [1.29, 1.82) is 0 Å². The van der Waals surface area contributed by atoms with Crippen LogP contribution >= 0.6 is 0 Å². The lowest BCUT2D eigenvalue weighted by molar-refractivity contribution is -0.875. The van der Waals surface area contributed by atoms with E-state index in [1.165, 1.54) is 21.3 Å². The van der Waals surface area contributed by atoms with Gasteiger partial charge in [0, 0.05) is 5.56 Å². The van der Waals surface area contributed by atoms with E-state index in [0.29, 0.717) is 72.5 Å². The lowest BCUT2D eigenvalue weighted by Crippen LogP contribution is -2.64. The van der Waals surface area contributed by atoms with Crippen molar-refractivity contribution in [2.24, 2.45) is 0 Å². The second kappa shape index (κ2) is 12.0. The van der Waals surface area contributed by atoms with Gasteiger partial charge in [-0.15, -0.1) is 0 Å². The molecule has 10 nitrogen and oxygen atoms in total. The van der Waals surface area contributed by atoms with Gasteiger partial charge in [0.25, 0.3) is 5.91 Å². The first kappa shape index (κ1) is 28.3. The van der Waals surface area contributed by atoms with Gasteiger partial charge in [-0.1, -0.05) is 0 Å². The highest BCUT2D eigenvalue weighted by Gasteiger charge is 2.42. The highest BCUT2D eigenvalue weighted by Crippen LogP contribution is 2.39. The first-order valence-electron chi connectivity index (χ1n) is 12.9. The summed E-state index contributed by atoms with van der Waals surface area (Å²) in [6.07, 6.45) is 4.12. The minimum Gasteiger partial charge on any atom is -0.493 e. The highest BCUT2D eigenvalue weighted by atomic mass is 16.5. The molecule has 1 saturated heterocycles. The van der Waals surface area contributed by atoms with Crippen molar-refractivity contribution in [3.05, 3.63) is 46.5 Å². The molecular weight excluding hydrogens is 504 g/mol. The predicted octanol–water partition coefficient (Wildman–Crippen LogP) is 2.90. The molecule has 2 amide bonds. The van der Waals surface area contributed by atoms with Crippen molar-refractivity contribution in [3.63, 3.8) is 0 Å². The van der Waals surface area contributed by atoms with Gasteiger partial charge in [0.05, 0.1) is 54.2 Å². The topological polar surface area (TPSA) is 104 Å². The molecule has 0 unspecified atom stereocenters. The second-order valence-corrected chi connectivity index (χ2v) is 9.67. The number of fused-ring (bicyclic) bond motifs is 1. The van der Waals surface area contributed by atoms with Gasteiger partial charge >= 0.3 is 5.91 Å². The quantitative estimate of drug-likeness (QED) is 0.509. The molecule has 2 aromatic carbocycles. The van der Waals surface area contributed by atoms with Crippen molar-refractivity contribution in [3.8, 4) is 28.7 Å². The maximum atomic E-state index is 13.9. The van der Waals surface area contributed by atoms with Crippen LogP contribution in [0.2, 0.25) is 0 Å². The van der Waals surface area contributed by atoms with E-state index in [2.05, 4.69) is 0 Å². The summed E-state index contributed by atoms with van der Waals surface area (Å²) >= 11 is 0. The number of benzene rings is 2. The molecule has 2 aromatic rings. The van der Waals surface area contributed by atoms with Crippen LogP contribution < -0.4 is 23.7 Å². The number of aryl methyl sites for hydroxylation is 1. The summed E-state index contributed by atoms with van der Waals surface area (Å²) in [5, 5.41) is 10.4. The minimum atomic E-state index is -0.332. The number of hydrogen-bond donors (Lipinski definition) is 1. The van der Waals surface area contributed by atoms with Crippen LogP contribution in [0.5, 0.6) is 28.7 Å². The Bertz CT molecular complexity index is 1240. The van der Waals surface area contributed by atoms with E-state index in [9.17, 15) is 14.7 Å². The molecule has 1 aliphatic carbocycles. The Labute approximate surface area is 228 Å². The summed E-state index contributed by atoms with van der Waals surface area (Å²) in [6.45, 7) is 0.914. The molecule has 210 valence electrons. The van der Waals surface area contributed by atoms with Gasteiger partial charge in [-0.2, -0.15) is 0 Å². The van der Waals surface area contributed by atoms with E-state index in [-0.39, 0.29) is 23.0 Å². The Morgan fingerprint density at radius 3 is 1.95 bits per heavy atom. The molecule has 0 spiro atoms. The molecule has 2 aliphatic rings. The van der Waals surface area contributed by atoms with Crippen molar-refractivity contribution in [2.75, 3.05) is 68.5 Å². The van der Waals surface area contributed by atoms with Crippen molar-refractivity contribution in [1.82, 2.24) is 4.90 Å². The number of quaternary nitrogens is 1. The van der Waals surface area contributed by atoms with Gasteiger partial charge in [0.1, 0.15) is 13.1 Å². The molecule has 1 aliphatic heterocycles. The maximum Gasteiger partial charge on any atom is 0.343 e. The van der Waals surface area contributed by atoms with E-state index in [1.807, 2.05) is 18.2 Å². The molecule has 1 fully saturated rings. The highest BCUT2D eigenvalue weighted by molar-refractivity contribution is 5.96. The number of rotatable bonds is 8. The third kappa shape index (κ3) is 5.39. The predicted molar refractivity (Wildman–Crippen MR) is 145 cm³/mol. The zero-order valence-corrected chi connectivity index (χ0v) is 23.2. The Morgan fingerprint density at radius 1 is 0.821 bits per heavy atom. The zero-order chi connectivity index (χ0) is 28.2. The first-order chi connectivity index (χ1) is 18.8. The number of nitrogens with zero attached hydrogens (tertiary/aromatic N) is 2. The van der Waals surface area contributed by atoms with Crippen LogP contribution in [0.4, 0.5) is 0 Å². The van der Waals surface area contributed by atoms with Crippen LogP contribution in [0.25, 0.3) is 6.08 Å². The number of carbonyl (C=O) groups is 2. The molecule has 10 heteroatoms. The standard InChI is InChI=1S/C29H37N2O8/c1-35-23-14-19-7-6-8-20(13-21(19)15-24(23)36-2)29(34)31(18-32)11-9-30(10-12-31)28(33)22-16-25(37-3)27(39-5)26(17-22)38-4/h13-17,32H,6-12,18H2,1-5H3/q+1. The SMILES string of the molecule is COc1cc2c(cc1OC)CCCC(C(=O)[N+]1(CO)CCN(C(=O)c3cc(OC)c(OC)c(OC)c3)CC1)=C2. The van der Waals surface area contributed by atoms with Crippen LogP contribution in [0.15, 0.2) is 29.8 Å². The van der Waals surface area contributed by atoms with Crippen LogP contribution in [0.1, 0.15) is 34.3 Å². The number of amides is 2. The molecule has 0 atom stereocenters. The largest absolute Gasteiger partial charge is 0.493 e. The minimum absolute atomic E-state index is 0.111. The molecule has 4 rings (SSSR count). The van der Waals surface area contributed by atoms with Crippen LogP contribution in [-0.2, 0) is 11.2 Å². The smallest absolute Gasteiger partial charge is 0.343 e. The Balaban J connectivity index is 1.55. The number of methoxy groups -OCH3 is 5. The van der Waals surface area contributed by atoms with Crippen molar-refractivity contribution in [2.45, 2.75) is 19.3 Å². The molecule has 39 heavy (non-hydrogen) atoms. The van der Waals surface area contributed by atoms with Gasteiger partial charge in [-0.25, -0.2) is 9.28 Å². The summed E-state index contributed by atoms with van der Waals surface area (Å²) in [5.74, 6) is 2.13. The van der Waals surface area contributed by atoms with Crippen molar-refractivity contribution < 1.29 is 42.9 Å². The number of ether oxygens (including phenoxy) is 5. The van der Waals surface area contributed by atoms with Gasteiger partial charge in [-0.05, 0) is 60.7 Å². The number of hydrogen-bond acceptors (Lipinski definition) is 8. The normalized spacial score (nSPS) is 16.4. The number of aliphatic hydroxyl groups is 1. The number of piperazine rings is 1. The molecule has 1 heterocycles. The Morgan fingerprint density at radius 2 is 1.41 bits per heavy atom. The first-order valence-corrected chi connectivity index (χ1v) is 12.9. The summed E-state index contributed by atoms with van der Waals surface area (Å²) < 4.78 is 26.9. The molecule has 0 saturated carbocycles. The third-order valence-corrected chi connectivity index (χ3v) is 7.64. The molecule has 0 aromatic heterocycles. The van der Waals surface area contributed by atoms with Crippen LogP contribution in [0, 0.1) is 0 Å².